The van der Waals surface area contributed by atoms with E-state index in [9.17, 15) is 4.79 Å². The van der Waals surface area contributed by atoms with Crippen LogP contribution in [0.15, 0.2) is 30.3 Å². The third kappa shape index (κ3) is 5.98. The van der Waals surface area contributed by atoms with Crippen LogP contribution in [-0.4, -0.2) is 24.5 Å². The second kappa shape index (κ2) is 9.16. The van der Waals surface area contributed by atoms with Crippen LogP contribution in [0.3, 0.4) is 0 Å². The zero-order chi connectivity index (χ0) is 15.1. The SMILES string of the molecule is CC(C)CNCC(=O)NC1(Cc2ccccc2)CCCC1.Cl. The summed E-state index contributed by atoms with van der Waals surface area (Å²) in [5.41, 5.74) is 1.28. The van der Waals surface area contributed by atoms with E-state index in [2.05, 4.69) is 48.7 Å². The van der Waals surface area contributed by atoms with Crippen molar-refractivity contribution in [3.63, 3.8) is 0 Å². The molecule has 1 aromatic rings. The van der Waals surface area contributed by atoms with Crippen molar-refractivity contribution in [2.75, 3.05) is 13.1 Å². The largest absolute Gasteiger partial charge is 0.349 e. The number of rotatable bonds is 7. The Bertz CT molecular complexity index is 442. The summed E-state index contributed by atoms with van der Waals surface area (Å²) < 4.78 is 0. The molecule has 0 radical (unpaired) electrons. The van der Waals surface area contributed by atoms with Gasteiger partial charge in [-0.15, -0.1) is 12.4 Å². The number of carbonyl (C=O) groups excluding carboxylic acids is 1. The molecule has 124 valence electrons. The molecule has 0 saturated heterocycles. The van der Waals surface area contributed by atoms with E-state index in [4.69, 9.17) is 0 Å². The molecule has 0 aromatic heterocycles. The van der Waals surface area contributed by atoms with Crippen LogP contribution in [0.1, 0.15) is 45.1 Å². The molecule has 0 aliphatic heterocycles. The number of hydrogen-bond donors (Lipinski definition) is 2. The van der Waals surface area contributed by atoms with Gasteiger partial charge in [-0.2, -0.15) is 0 Å². The Kier molecular flexibility index (Phi) is 7.91. The van der Waals surface area contributed by atoms with Crippen LogP contribution in [0.5, 0.6) is 0 Å². The fourth-order valence-electron chi connectivity index (χ4n) is 3.20. The Hall–Kier alpha value is -1.06. The van der Waals surface area contributed by atoms with Crippen molar-refractivity contribution in [2.24, 2.45) is 5.92 Å². The zero-order valence-electron chi connectivity index (χ0n) is 13.7. The molecule has 1 fully saturated rings. The van der Waals surface area contributed by atoms with E-state index in [1.165, 1.54) is 18.4 Å². The van der Waals surface area contributed by atoms with Crippen LogP contribution in [0.4, 0.5) is 0 Å². The maximum Gasteiger partial charge on any atom is 0.234 e. The predicted molar refractivity (Wildman–Crippen MR) is 94.4 cm³/mol. The fourth-order valence-corrected chi connectivity index (χ4v) is 3.20. The molecule has 0 spiro atoms. The standard InChI is InChI=1S/C18H28N2O.ClH/c1-15(2)13-19-14-17(21)20-18(10-6-7-11-18)12-16-8-4-3-5-9-16;/h3-5,8-9,15,19H,6-7,10-14H2,1-2H3,(H,20,21);1H. The number of halogens is 1. The maximum atomic E-state index is 12.2. The minimum atomic E-state index is -0.0298. The molecule has 0 atom stereocenters. The minimum Gasteiger partial charge on any atom is -0.349 e. The van der Waals surface area contributed by atoms with E-state index >= 15 is 0 Å². The van der Waals surface area contributed by atoms with E-state index in [0.717, 1.165) is 25.8 Å². The molecule has 1 aromatic carbocycles. The van der Waals surface area contributed by atoms with Gasteiger partial charge in [0.25, 0.3) is 0 Å². The molecule has 1 aliphatic rings. The summed E-state index contributed by atoms with van der Waals surface area (Å²) in [4.78, 5) is 12.2. The molecule has 0 heterocycles. The van der Waals surface area contributed by atoms with Crippen molar-refractivity contribution >= 4 is 18.3 Å². The van der Waals surface area contributed by atoms with Crippen molar-refractivity contribution in [3.05, 3.63) is 35.9 Å². The van der Waals surface area contributed by atoms with Crippen LogP contribution in [-0.2, 0) is 11.2 Å². The lowest BCUT2D eigenvalue weighted by Gasteiger charge is -2.31. The number of carbonyl (C=O) groups is 1. The molecule has 2 N–H and O–H groups in total. The third-order valence-electron chi connectivity index (χ3n) is 4.19. The molecule has 1 aliphatic carbocycles. The van der Waals surface area contributed by atoms with Gasteiger partial charge >= 0.3 is 0 Å². The van der Waals surface area contributed by atoms with E-state index in [-0.39, 0.29) is 23.9 Å². The topological polar surface area (TPSA) is 41.1 Å². The third-order valence-corrected chi connectivity index (χ3v) is 4.19. The van der Waals surface area contributed by atoms with Gasteiger partial charge in [-0.3, -0.25) is 4.79 Å². The van der Waals surface area contributed by atoms with E-state index in [1.54, 1.807) is 0 Å². The van der Waals surface area contributed by atoms with Gasteiger partial charge in [0.2, 0.25) is 5.91 Å². The smallest absolute Gasteiger partial charge is 0.234 e. The summed E-state index contributed by atoms with van der Waals surface area (Å²) in [6.07, 6.45) is 5.57. The summed E-state index contributed by atoms with van der Waals surface area (Å²) in [5, 5.41) is 6.54. The fraction of sp³-hybridized carbons (Fsp3) is 0.611. The van der Waals surface area contributed by atoms with E-state index in [1.807, 2.05) is 6.07 Å². The Morgan fingerprint density at radius 2 is 1.82 bits per heavy atom. The number of hydrogen-bond acceptors (Lipinski definition) is 2. The second-order valence-corrected chi connectivity index (χ2v) is 6.72. The van der Waals surface area contributed by atoms with Gasteiger partial charge < -0.3 is 10.6 Å². The van der Waals surface area contributed by atoms with Crippen molar-refractivity contribution in [3.8, 4) is 0 Å². The molecule has 0 unspecified atom stereocenters. The van der Waals surface area contributed by atoms with E-state index < -0.39 is 0 Å². The summed E-state index contributed by atoms with van der Waals surface area (Å²) in [5.74, 6) is 0.705. The number of amides is 1. The lowest BCUT2D eigenvalue weighted by Crippen LogP contribution is -2.50. The van der Waals surface area contributed by atoms with Gasteiger partial charge in [0.05, 0.1) is 6.54 Å². The van der Waals surface area contributed by atoms with Crippen LogP contribution in [0, 0.1) is 5.92 Å². The highest BCUT2D eigenvalue weighted by atomic mass is 35.5. The number of nitrogens with one attached hydrogen (secondary N) is 2. The average molecular weight is 325 g/mol. The molecule has 2 rings (SSSR count). The van der Waals surface area contributed by atoms with Gasteiger partial charge in [0.15, 0.2) is 0 Å². The first kappa shape index (κ1) is 19.0. The van der Waals surface area contributed by atoms with E-state index in [0.29, 0.717) is 12.5 Å². The minimum absolute atomic E-state index is 0. The Balaban J connectivity index is 0.00000242. The highest BCUT2D eigenvalue weighted by Crippen LogP contribution is 2.32. The van der Waals surface area contributed by atoms with Crippen molar-refractivity contribution < 1.29 is 4.79 Å². The van der Waals surface area contributed by atoms with Crippen LogP contribution >= 0.6 is 12.4 Å². The summed E-state index contributed by atoms with van der Waals surface area (Å²) >= 11 is 0. The summed E-state index contributed by atoms with van der Waals surface area (Å²) in [6.45, 7) is 5.62. The average Bonchev–Trinajstić information content (AvgIpc) is 2.87. The monoisotopic (exact) mass is 324 g/mol. The Morgan fingerprint density at radius 1 is 1.18 bits per heavy atom. The first-order chi connectivity index (χ1) is 10.1. The lowest BCUT2D eigenvalue weighted by atomic mass is 9.89. The first-order valence-electron chi connectivity index (χ1n) is 8.15. The summed E-state index contributed by atoms with van der Waals surface area (Å²) in [7, 11) is 0. The molecular formula is C18H29ClN2O. The molecule has 1 amide bonds. The summed E-state index contributed by atoms with van der Waals surface area (Å²) in [6, 6.07) is 10.5. The van der Waals surface area contributed by atoms with Crippen LogP contribution < -0.4 is 10.6 Å². The van der Waals surface area contributed by atoms with Gasteiger partial charge in [-0.25, -0.2) is 0 Å². The molecule has 3 nitrogen and oxygen atoms in total. The van der Waals surface area contributed by atoms with Gasteiger partial charge in [0.1, 0.15) is 0 Å². The first-order valence-corrected chi connectivity index (χ1v) is 8.15. The van der Waals surface area contributed by atoms with Crippen LogP contribution in [0.25, 0.3) is 0 Å². The maximum absolute atomic E-state index is 12.2. The molecule has 22 heavy (non-hydrogen) atoms. The molecule has 1 saturated carbocycles. The zero-order valence-corrected chi connectivity index (χ0v) is 14.5. The van der Waals surface area contributed by atoms with Gasteiger partial charge in [-0.1, -0.05) is 57.0 Å². The van der Waals surface area contributed by atoms with Crippen LogP contribution in [0.2, 0.25) is 0 Å². The second-order valence-electron chi connectivity index (χ2n) is 6.72. The highest BCUT2D eigenvalue weighted by molar-refractivity contribution is 5.85. The van der Waals surface area contributed by atoms with Gasteiger partial charge in [0, 0.05) is 5.54 Å². The Morgan fingerprint density at radius 3 is 2.41 bits per heavy atom. The van der Waals surface area contributed by atoms with Gasteiger partial charge in [-0.05, 0) is 37.3 Å². The molecule has 0 bridgehead atoms. The quantitative estimate of drug-likeness (QED) is 0.807. The molecule has 4 heteroatoms. The van der Waals surface area contributed by atoms with Crippen molar-refractivity contribution in [2.45, 2.75) is 51.5 Å². The lowest BCUT2D eigenvalue weighted by molar-refractivity contribution is -0.122. The predicted octanol–water partition coefficient (Wildman–Crippen LogP) is 3.33. The van der Waals surface area contributed by atoms with Crippen molar-refractivity contribution in [1.82, 2.24) is 10.6 Å². The highest BCUT2D eigenvalue weighted by Gasteiger charge is 2.35. The number of benzene rings is 1. The Labute approximate surface area is 140 Å². The normalized spacial score (nSPS) is 16.3. The van der Waals surface area contributed by atoms with Crippen molar-refractivity contribution in [1.29, 1.82) is 0 Å². The molecular weight excluding hydrogens is 296 g/mol.